The normalized spacial score (nSPS) is 20.0. The number of ether oxygens (including phenoxy) is 1. The van der Waals surface area contributed by atoms with Crippen LogP contribution in [0.5, 0.6) is 5.75 Å². The first-order valence-electron chi connectivity index (χ1n) is 11.0. The second-order valence-electron chi connectivity index (χ2n) is 8.69. The van der Waals surface area contributed by atoms with Gasteiger partial charge in [-0.2, -0.15) is 0 Å². The van der Waals surface area contributed by atoms with Crippen molar-refractivity contribution in [2.24, 2.45) is 7.05 Å². The molecule has 0 amide bonds. The molecule has 1 fully saturated rings. The van der Waals surface area contributed by atoms with Crippen molar-refractivity contribution in [2.75, 3.05) is 25.1 Å². The van der Waals surface area contributed by atoms with E-state index in [2.05, 4.69) is 40.4 Å². The summed E-state index contributed by atoms with van der Waals surface area (Å²) in [4.78, 5) is 25.3. The molecule has 0 spiro atoms. The first-order valence-corrected chi connectivity index (χ1v) is 11.0. The summed E-state index contributed by atoms with van der Waals surface area (Å²) in [5, 5.41) is 0. The zero-order valence-electron chi connectivity index (χ0n) is 19.5. The van der Waals surface area contributed by atoms with Gasteiger partial charge in [-0.15, -0.1) is 4.98 Å². The van der Waals surface area contributed by atoms with Crippen molar-refractivity contribution < 1.29 is 9.13 Å². The van der Waals surface area contributed by atoms with Crippen LogP contribution in [0.3, 0.4) is 0 Å². The highest BCUT2D eigenvalue weighted by atomic mass is 19.1. The number of aromatic nitrogens is 2. The van der Waals surface area contributed by atoms with Crippen LogP contribution >= 0.6 is 0 Å². The number of pyridine rings is 2. The molecule has 1 aliphatic rings. The number of fused-ring (bicyclic) bond motifs is 1. The van der Waals surface area contributed by atoms with Crippen molar-refractivity contribution >= 4 is 22.5 Å². The molecule has 0 N–H and O–H groups in total. The monoisotopic (exact) mass is 449 g/mol. The van der Waals surface area contributed by atoms with E-state index in [-0.39, 0.29) is 35.3 Å². The number of rotatable bonds is 4. The van der Waals surface area contributed by atoms with Gasteiger partial charge in [0.25, 0.3) is 11.4 Å². The Morgan fingerprint density at radius 2 is 1.94 bits per heavy atom. The zero-order chi connectivity index (χ0) is 23.9. The lowest BCUT2D eigenvalue weighted by atomic mass is 10.00. The van der Waals surface area contributed by atoms with Crippen LogP contribution < -0.4 is 15.2 Å². The van der Waals surface area contributed by atoms with Crippen molar-refractivity contribution in [3.8, 4) is 5.75 Å². The standard InChI is InChI=1S/C25H28FN5O2/c1-15-14-31(21-12-24(32)29(5)20-9-10-23(27-4)28-25(20)21)16(2)13-30(15)17(3)18-7-8-19(26)22(11-18)33-6/h7-12,15-17H,13-14H2,1-3,5-6H3/t15-,16+,17?/m1/s1. The maximum absolute atomic E-state index is 13.9. The molecule has 2 aromatic heterocycles. The van der Waals surface area contributed by atoms with E-state index < -0.39 is 0 Å². The van der Waals surface area contributed by atoms with E-state index in [0.717, 1.165) is 17.8 Å². The van der Waals surface area contributed by atoms with Crippen LogP contribution in [0.15, 0.2) is 41.2 Å². The third-order valence-corrected chi connectivity index (χ3v) is 6.67. The predicted molar refractivity (Wildman–Crippen MR) is 128 cm³/mol. The molecule has 0 aliphatic carbocycles. The first-order chi connectivity index (χ1) is 15.7. The average molecular weight is 450 g/mol. The minimum Gasteiger partial charge on any atom is -0.494 e. The second kappa shape index (κ2) is 8.83. The molecule has 33 heavy (non-hydrogen) atoms. The van der Waals surface area contributed by atoms with Gasteiger partial charge in [-0.05, 0) is 50.6 Å². The van der Waals surface area contributed by atoms with Crippen molar-refractivity contribution in [1.82, 2.24) is 14.5 Å². The fourth-order valence-corrected chi connectivity index (χ4v) is 4.74. The molecule has 172 valence electrons. The van der Waals surface area contributed by atoms with E-state index in [9.17, 15) is 9.18 Å². The minimum atomic E-state index is -0.372. The number of hydrogen-bond donors (Lipinski definition) is 0. The van der Waals surface area contributed by atoms with E-state index in [1.165, 1.54) is 13.2 Å². The molecule has 3 aromatic rings. The van der Waals surface area contributed by atoms with Crippen LogP contribution in [0.1, 0.15) is 32.4 Å². The number of piperazine rings is 1. The highest BCUT2D eigenvalue weighted by Crippen LogP contribution is 2.34. The second-order valence-corrected chi connectivity index (χ2v) is 8.69. The molecular formula is C25H28FN5O2. The Labute approximate surface area is 192 Å². The van der Waals surface area contributed by atoms with Gasteiger partial charge in [0.2, 0.25) is 5.52 Å². The lowest BCUT2D eigenvalue weighted by molar-refractivity contribution is 0.119. The summed E-state index contributed by atoms with van der Waals surface area (Å²) >= 11 is 0. The molecule has 4 rings (SSSR count). The highest BCUT2D eigenvalue weighted by molar-refractivity contribution is 5.89. The Morgan fingerprint density at radius 1 is 1.18 bits per heavy atom. The number of hydrogen-bond acceptors (Lipinski definition) is 5. The highest BCUT2D eigenvalue weighted by Gasteiger charge is 2.34. The Bertz CT molecular complexity index is 1300. The summed E-state index contributed by atoms with van der Waals surface area (Å²) in [7, 11) is 3.19. The van der Waals surface area contributed by atoms with Gasteiger partial charge in [0.05, 0.1) is 18.3 Å². The maximum Gasteiger partial charge on any atom is 0.270 e. The van der Waals surface area contributed by atoms with Crippen LogP contribution in [-0.4, -0.2) is 46.7 Å². The lowest BCUT2D eigenvalue weighted by Gasteiger charge is -2.47. The fourth-order valence-electron chi connectivity index (χ4n) is 4.74. The topological polar surface area (TPSA) is 55.0 Å². The summed E-state index contributed by atoms with van der Waals surface area (Å²) in [6.07, 6.45) is 0. The van der Waals surface area contributed by atoms with Crippen molar-refractivity contribution in [2.45, 2.75) is 38.9 Å². The van der Waals surface area contributed by atoms with Gasteiger partial charge in [-0.3, -0.25) is 9.69 Å². The molecule has 1 unspecified atom stereocenters. The van der Waals surface area contributed by atoms with Gasteiger partial charge < -0.3 is 19.0 Å². The zero-order valence-corrected chi connectivity index (χ0v) is 19.5. The molecule has 0 bridgehead atoms. The number of benzene rings is 1. The molecule has 8 heteroatoms. The number of nitrogens with zero attached hydrogens (tertiary/aromatic N) is 5. The first kappa shape index (κ1) is 22.7. The van der Waals surface area contributed by atoms with Crippen molar-refractivity contribution in [3.05, 3.63) is 69.5 Å². The molecule has 3 atom stereocenters. The van der Waals surface area contributed by atoms with Crippen LogP contribution in [0, 0.1) is 12.4 Å². The van der Waals surface area contributed by atoms with E-state index in [1.54, 1.807) is 41.9 Å². The van der Waals surface area contributed by atoms with Gasteiger partial charge in [0.1, 0.15) is 0 Å². The maximum atomic E-state index is 13.9. The largest absolute Gasteiger partial charge is 0.494 e. The van der Waals surface area contributed by atoms with Crippen LogP contribution in [0.25, 0.3) is 15.9 Å². The van der Waals surface area contributed by atoms with Crippen LogP contribution in [0.2, 0.25) is 0 Å². The van der Waals surface area contributed by atoms with Gasteiger partial charge in [-0.1, -0.05) is 12.6 Å². The van der Waals surface area contributed by atoms with E-state index in [4.69, 9.17) is 11.3 Å². The number of halogens is 1. The molecule has 1 saturated heterocycles. The van der Waals surface area contributed by atoms with E-state index in [1.807, 2.05) is 0 Å². The Kier molecular flexibility index (Phi) is 6.09. The quantitative estimate of drug-likeness (QED) is 0.556. The van der Waals surface area contributed by atoms with E-state index >= 15 is 0 Å². The van der Waals surface area contributed by atoms with E-state index in [0.29, 0.717) is 23.4 Å². The Balaban J connectivity index is 1.68. The molecule has 1 aliphatic heterocycles. The van der Waals surface area contributed by atoms with Gasteiger partial charge in [-0.25, -0.2) is 4.39 Å². The number of anilines is 1. The van der Waals surface area contributed by atoms with Crippen LogP contribution in [0.4, 0.5) is 15.9 Å². The number of methoxy groups -OCH3 is 1. The SMILES string of the molecule is [C-]#[N+]c1ccc2c(n1)c(N1C[C@@H](C)N(C(C)c3ccc(F)c(OC)c3)C[C@@H]1C)cc(=O)n2C. The molecule has 1 aromatic carbocycles. The van der Waals surface area contributed by atoms with Crippen LogP contribution in [-0.2, 0) is 7.05 Å². The molecule has 3 heterocycles. The Hall–Kier alpha value is -3.44. The lowest BCUT2D eigenvalue weighted by Crippen LogP contribution is -2.57. The fraction of sp³-hybridized carbons (Fsp3) is 0.400. The summed E-state index contributed by atoms with van der Waals surface area (Å²) in [6.45, 7) is 15.2. The molecular weight excluding hydrogens is 421 g/mol. The van der Waals surface area contributed by atoms with Gasteiger partial charge in [0.15, 0.2) is 11.6 Å². The third-order valence-electron chi connectivity index (χ3n) is 6.67. The summed E-state index contributed by atoms with van der Waals surface area (Å²) in [5.41, 5.74) is 3.01. The molecule has 7 nitrogen and oxygen atoms in total. The Morgan fingerprint density at radius 3 is 2.64 bits per heavy atom. The van der Waals surface area contributed by atoms with Crippen molar-refractivity contribution in [1.29, 1.82) is 0 Å². The summed E-state index contributed by atoms with van der Waals surface area (Å²) < 4.78 is 20.6. The molecule has 0 radical (unpaired) electrons. The van der Waals surface area contributed by atoms with Gasteiger partial charge >= 0.3 is 0 Å². The number of aryl methyl sites for hydroxylation is 1. The average Bonchev–Trinajstić information content (AvgIpc) is 2.82. The van der Waals surface area contributed by atoms with Gasteiger partial charge in [0, 0.05) is 44.3 Å². The summed E-state index contributed by atoms with van der Waals surface area (Å²) in [6, 6.07) is 10.4. The minimum absolute atomic E-state index is 0.0614. The van der Waals surface area contributed by atoms with Crippen molar-refractivity contribution in [3.63, 3.8) is 0 Å². The smallest absolute Gasteiger partial charge is 0.270 e. The predicted octanol–water partition coefficient (Wildman–Crippen LogP) is 4.29. The molecule has 0 saturated carbocycles. The summed E-state index contributed by atoms with van der Waals surface area (Å²) in [5.74, 6) is 0.177. The third kappa shape index (κ3) is 4.05.